The predicted molar refractivity (Wildman–Crippen MR) is 126 cm³/mol. The molecule has 9 heteroatoms. The molecule has 0 aliphatic rings. The summed E-state index contributed by atoms with van der Waals surface area (Å²) in [6.07, 6.45) is 0. The lowest BCUT2D eigenvalue weighted by Gasteiger charge is -2.08. The number of para-hydroxylation sites is 2. The van der Waals surface area contributed by atoms with E-state index in [1.165, 1.54) is 16.5 Å². The number of aryl methyl sites for hydroxylation is 2. The summed E-state index contributed by atoms with van der Waals surface area (Å²) in [4.78, 5) is 30.4. The maximum atomic E-state index is 13.6. The summed E-state index contributed by atoms with van der Waals surface area (Å²) in [7, 11) is 0. The van der Waals surface area contributed by atoms with Crippen molar-refractivity contribution in [1.82, 2.24) is 19.2 Å². The number of nitrogens with zero attached hydrogens (tertiary/aromatic N) is 4. The van der Waals surface area contributed by atoms with Gasteiger partial charge in [0.2, 0.25) is 11.6 Å². The Morgan fingerprint density at radius 3 is 2.62 bits per heavy atom. The summed E-state index contributed by atoms with van der Waals surface area (Å²) in [5, 5.41) is 6.98. The lowest BCUT2D eigenvalue weighted by Crippen LogP contribution is -2.28. The first kappa shape index (κ1) is 21.3. The molecule has 1 amide bonds. The molecule has 8 nitrogen and oxygen atoms in total. The number of rotatable bonds is 5. The van der Waals surface area contributed by atoms with Crippen LogP contribution in [-0.2, 0) is 11.3 Å². The molecule has 0 bridgehead atoms. The van der Waals surface area contributed by atoms with Crippen LogP contribution in [0.5, 0.6) is 11.6 Å². The largest absolute Gasteiger partial charge is 0.436 e. The van der Waals surface area contributed by atoms with Gasteiger partial charge in [-0.2, -0.15) is 0 Å². The van der Waals surface area contributed by atoms with Crippen LogP contribution in [0.15, 0.2) is 71.5 Å². The van der Waals surface area contributed by atoms with Crippen LogP contribution >= 0.6 is 0 Å². The highest BCUT2D eigenvalue weighted by atomic mass is 19.1. The number of hydrogen-bond donors (Lipinski definition) is 1. The number of carbonyl (C=O) groups is 1. The van der Waals surface area contributed by atoms with Gasteiger partial charge in [0, 0.05) is 5.69 Å². The molecule has 2 aromatic heterocycles. The predicted octanol–water partition coefficient (Wildman–Crippen LogP) is 4.23. The molecule has 0 fully saturated rings. The van der Waals surface area contributed by atoms with E-state index in [4.69, 9.17) is 4.74 Å². The molecule has 34 heavy (non-hydrogen) atoms. The number of nitrogens with one attached hydrogen (secondary N) is 1. The van der Waals surface area contributed by atoms with Crippen molar-refractivity contribution in [3.05, 3.63) is 94.2 Å². The Morgan fingerprint density at radius 2 is 1.82 bits per heavy atom. The number of ether oxygens (including phenoxy) is 1. The van der Waals surface area contributed by atoms with Crippen LogP contribution < -0.4 is 15.7 Å². The summed E-state index contributed by atoms with van der Waals surface area (Å²) in [6, 6.07) is 18.6. The highest BCUT2D eigenvalue weighted by molar-refractivity contribution is 5.91. The van der Waals surface area contributed by atoms with Crippen molar-refractivity contribution in [2.75, 3.05) is 5.32 Å². The Bertz CT molecular complexity index is 1610. The summed E-state index contributed by atoms with van der Waals surface area (Å²) < 4.78 is 21.9. The number of fused-ring (bicyclic) bond motifs is 3. The Balaban J connectivity index is 1.55. The number of benzene rings is 3. The van der Waals surface area contributed by atoms with Crippen LogP contribution in [0.1, 0.15) is 11.1 Å². The summed E-state index contributed by atoms with van der Waals surface area (Å²) in [5.41, 5.74) is 2.83. The van der Waals surface area contributed by atoms with Gasteiger partial charge >= 0.3 is 5.69 Å². The van der Waals surface area contributed by atoms with Crippen LogP contribution in [-0.4, -0.2) is 25.1 Å². The third-order valence-corrected chi connectivity index (χ3v) is 5.38. The van der Waals surface area contributed by atoms with Gasteiger partial charge in [0.1, 0.15) is 18.1 Å². The Morgan fingerprint density at radius 1 is 1.06 bits per heavy atom. The van der Waals surface area contributed by atoms with E-state index < -0.39 is 17.4 Å². The molecular weight excluding hydrogens is 437 g/mol. The molecule has 0 aliphatic carbocycles. The molecule has 0 unspecified atom stereocenters. The minimum Gasteiger partial charge on any atom is -0.436 e. The van der Waals surface area contributed by atoms with Gasteiger partial charge in [0.15, 0.2) is 0 Å². The Hall–Kier alpha value is -4.53. The maximum Gasteiger partial charge on any atom is 0.351 e. The zero-order valence-corrected chi connectivity index (χ0v) is 18.4. The smallest absolute Gasteiger partial charge is 0.351 e. The molecule has 5 rings (SSSR count). The van der Waals surface area contributed by atoms with Crippen LogP contribution in [0.4, 0.5) is 10.1 Å². The highest BCUT2D eigenvalue weighted by Crippen LogP contribution is 2.26. The van der Waals surface area contributed by atoms with Crippen molar-refractivity contribution in [3.63, 3.8) is 0 Å². The fourth-order valence-electron chi connectivity index (χ4n) is 3.61. The van der Waals surface area contributed by atoms with Crippen LogP contribution in [0, 0.1) is 19.7 Å². The van der Waals surface area contributed by atoms with Crippen molar-refractivity contribution in [2.24, 2.45) is 0 Å². The second-order valence-corrected chi connectivity index (χ2v) is 7.93. The van der Waals surface area contributed by atoms with Gasteiger partial charge in [-0.25, -0.2) is 23.3 Å². The van der Waals surface area contributed by atoms with Crippen molar-refractivity contribution >= 4 is 28.3 Å². The molecule has 0 atom stereocenters. The number of halogens is 1. The first-order chi connectivity index (χ1) is 16.4. The molecule has 1 N–H and O–H groups in total. The number of amides is 1. The van der Waals surface area contributed by atoms with Gasteiger partial charge in [-0.15, -0.1) is 5.10 Å². The number of hydrogen-bond acceptors (Lipinski definition) is 5. The number of aromatic nitrogens is 4. The van der Waals surface area contributed by atoms with E-state index in [-0.39, 0.29) is 18.1 Å². The Labute approximate surface area is 193 Å². The summed E-state index contributed by atoms with van der Waals surface area (Å²) in [5.74, 6) is -0.310. The van der Waals surface area contributed by atoms with Crippen molar-refractivity contribution < 1.29 is 13.9 Å². The van der Waals surface area contributed by atoms with Gasteiger partial charge in [-0.1, -0.05) is 35.9 Å². The zero-order chi connectivity index (χ0) is 23.8. The van der Waals surface area contributed by atoms with E-state index in [2.05, 4.69) is 15.4 Å². The van der Waals surface area contributed by atoms with E-state index in [0.29, 0.717) is 28.0 Å². The molecular formula is C25H20FN5O3. The molecule has 5 aromatic rings. The third kappa shape index (κ3) is 3.99. The molecule has 0 saturated carbocycles. The van der Waals surface area contributed by atoms with E-state index in [0.717, 1.165) is 10.2 Å². The van der Waals surface area contributed by atoms with Gasteiger partial charge < -0.3 is 10.1 Å². The Kier molecular flexibility index (Phi) is 5.29. The molecule has 0 radical (unpaired) electrons. The monoisotopic (exact) mass is 457 g/mol. The second kappa shape index (κ2) is 8.43. The number of anilines is 1. The maximum absolute atomic E-state index is 13.6. The van der Waals surface area contributed by atoms with E-state index in [9.17, 15) is 14.0 Å². The van der Waals surface area contributed by atoms with E-state index in [1.807, 2.05) is 19.1 Å². The molecule has 0 spiro atoms. The zero-order valence-electron chi connectivity index (χ0n) is 18.4. The van der Waals surface area contributed by atoms with E-state index in [1.54, 1.807) is 49.4 Å². The van der Waals surface area contributed by atoms with Crippen LogP contribution in [0.3, 0.4) is 0 Å². The van der Waals surface area contributed by atoms with Crippen LogP contribution in [0.25, 0.3) is 16.7 Å². The second-order valence-electron chi connectivity index (χ2n) is 7.93. The fourth-order valence-corrected chi connectivity index (χ4v) is 3.61. The topological polar surface area (TPSA) is 90.5 Å². The standard InChI is InChI=1S/C25H20FN5O3/c1-15-7-11-18(12-8-15)34-24-23-29-30(14-22(32)27-20-13-17(26)10-9-16(20)2)25(33)31(23)21-6-4-3-5-19(21)28-24/h3-13H,14H2,1-2H3,(H,27,32). The SMILES string of the molecule is Cc1ccc(Oc2nc3ccccc3n3c(=O)n(CC(=O)Nc4cc(F)ccc4C)nc23)cc1. The average molecular weight is 457 g/mol. The lowest BCUT2D eigenvalue weighted by atomic mass is 10.2. The fraction of sp³-hybridized carbons (Fsp3) is 0.120. The normalized spacial score (nSPS) is 11.1. The summed E-state index contributed by atoms with van der Waals surface area (Å²) in [6.45, 7) is 3.35. The van der Waals surface area contributed by atoms with Crippen molar-refractivity contribution in [1.29, 1.82) is 0 Å². The molecule has 0 aliphatic heterocycles. The highest BCUT2D eigenvalue weighted by Gasteiger charge is 2.19. The van der Waals surface area contributed by atoms with Gasteiger partial charge in [0.25, 0.3) is 5.88 Å². The molecule has 0 saturated heterocycles. The first-order valence-corrected chi connectivity index (χ1v) is 10.6. The van der Waals surface area contributed by atoms with Crippen molar-refractivity contribution in [2.45, 2.75) is 20.4 Å². The molecule has 170 valence electrons. The van der Waals surface area contributed by atoms with Crippen LogP contribution in [0.2, 0.25) is 0 Å². The summed E-state index contributed by atoms with van der Waals surface area (Å²) >= 11 is 0. The minimum atomic E-state index is -0.520. The minimum absolute atomic E-state index is 0.139. The van der Waals surface area contributed by atoms with Gasteiger partial charge in [0.05, 0.1) is 11.0 Å². The average Bonchev–Trinajstić information content (AvgIpc) is 3.14. The van der Waals surface area contributed by atoms with Crippen molar-refractivity contribution in [3.8, 4) is 11.6 Å². The lowest BCUT2D eigenvalue weighted by molar-refractivity contribution is -0.117. The quantitative estimate of drug-likeness (QED) is 0.427. The van der Waals surface area contributed by atoms with Gasteiger partial charge in [-0.3, -0.25) is 4.79 Å². The number of carbonyl (C=O) groups excluding carboxylic acids is 1. The van der Waals surface area contributed by atoms with E-state index >= 15 is 0 Å². The third-order valence-electron chi connectivity index (χ3n) is 5.38. The molecule has 2 heterocycles. The first-order valence-electron chi connectivity index (χ1n) is 10.6. The van der Waals surface area contributed by atoms with Gasteiger partial charge in [-0.05, 0) is 55.8 Å². The molecule has 3 aromatic carbocycles.